The van der Waals surface area contributed by atoms with Crippen molar-refractivity contribution in [3.8, 4) is 0 Å². The first-order chi connectivity index (χ1) is 8.06. The van der Waals surface area contributed by atoms with E-state index in [1.165, 1.54) is 6.42 Å². The van der Waals surface area contributed by atoms with Crippen LogP contribution in [0.15, 0.2) is 24.4 Å². The van der Waals surface area contributed by atoms with E-state index in [1.54, 1.807) is 0 Å². The van der Waals surface area contributed by atoms with E-state index in [9.17, 15) is 0 Å². The Hall–Kier alpha value is -0.930. The number of hydrogen-bond donors (Lipinski definition) is 1. The van der Waals surface area contributed by atoms with Crippen LogP contribution in [0.5, 0.6) is 0 Å². The van der Waals surface area contributed by atoms with Crippen molar-refractivity contribution in [3.05, 3.63) is 30.1 Å². The highest BCUT2D eigenvalue weighted by atomic mass is 15.2. The zero-order valence-corrected chi connectivity index (χ0v) is 11.4. The molecule has 0 fully saturated rings. The molecule has 1 rings (SSSR count). The monoisotopic (exact) mass is 235 g/mol. The molecule has 0 bridgehead atoms. The van der Waals surface area contributed by atoms with E-state index in [2.05, 4.69) is 36.8 Å². The number of hydrogen-bond acceptors (Lipinski definition) is 3. The molecule has 17 heavy (non-hydrogen) atoms. The van der Waals surface area contributed by atoms with Gasteiger partial charge in [-0.1, -0.05) is 26.3 Å². The lowest BCUT2D eigenvalue weighted by Gasteiger charge is -2.32. The second kappa shape index (κ2) is 6.72. The maximum Gasteiger partial charge on any atom is 0.0668 e. The summed E-state index contributed by atoms with van der Waals surface area (Å²) in [6.07, 6.45) is 3.03. The highest BCUT2D eigenvalue weighted by Gasteiger charge is 2.22. The molecule has 1 aromatic heterocycles. The van der Waals surface area contributed by atoms with Crippen molar-refractivity contribution < 1.29 is 0 Å². The highest BCUT2D eigenvalue weighted by molar-refractivity contribution is 5.10. The summed E-state index contributed by atoms with van der Waals surface area (Å²) in [5, 5.41) is 0. The van der Waals surface area contributed by atoms with E-state index in [-0.39, 0.29) is 12.1 Å². The summed E-state index contributed by atoms with van der Waals surface area (Å²) in [5.41, 5.74) is 7.17. The lowest BCUT2D eigenvalue weighted by Crippen LogP contribution is -2.39. The van der Waals surface area contributed by atoms with Gasteiger partial charge in [-0.05, 0) is 32.0 Å². The van der Waals surface area contributed by atoms with E-state index in [1.807, 2.05) is 25.3 Å². The Balaban J connectivity index is 2.79. The number of nitrogens with two attached hydrogens (primary N) is 1. The van der Waals surface area contributed by atoms with Crippen molar-refractivity contribution >= 4 is 0 Å². The van der Waals surface area contributed by atoms with Crippen LogP contribution in [0.25, 0.3) is 0 Å². The maximum atomic E-state index is 6.11. The van der Waals surface area contributed by atoms with Crippen LogP contribution < -0.4 is 5.73 Å². The molecular weight excluding hydrogens is 210 g/mol. The van der Waals surface area contributed by atoms with E-state index in [0.717, 1.165) is 12.2 Å². The lowest BCUT2D eigenvalue weighted by atomic mass is 10.0. The maximum absolute atomic E-state index is 6.11. The molecule has 0 aromatic carbocycles. The molecule has 3 heteroatoms. The summed E-state index contributed by atoms with van der Waals surface area (Å²) in [5.74, 6) is 0.685. The molecule has 3 atom stereocenters. The minimum atomic E-state index is 0.0824. The Morgan fingerprint density at radius 1 is 1.35 bits per heavy atom. The van der Waals surface area contributed by atoms with Gasteiger partial charge in [0.1, 0.15) is 0 Å². The van der Waals surface area contributed by atoms with Gasteiger partial charge in [-0.15, -0.1) is 0 Å². The molecule has 0 radical (unpaired) electrons. The molecule has 0 aliphatic rings. The number of likely N-dealkylation sites (N-methyl/N-ethyl adjacent to an activating group) is 1. The topological polar surface area (TPSA) is 42.2 Å². The van der Waals surface area contributed by atoms with Crippen LogP contribution in [-0.4, -0.2) is 29.5 Å². The van der Waals surface area contributed by atoms with E-state index >= 15 is 0 Å². The predicted octanol–water partition coefficient (Wildman–Crippen LogP) is 2.45. The van der Waals surface area contributed by atoms with Gasteiger partial charge in [-0.3, -0.25) is 9.88 Å². The van der Waals surface area contributed by atoms with Gasteiger partial charge in [0, 0.05) is 18.8 Å². The lowest BCUT2D eigenvalue weighted by molar-refractivity contribution is 0.186. The number of nitrogens with zero attached hydrogens (tertiary/aromatic N) is 2. The van der Waals surface area contributed by atoms with Crippen LogP contribution >= 0.6 is 0 Å². The van der Waals surface area contributed by atoms with Crippen LogP contribution in [0, 0.1) is 5.92 Å². The fraction of sp³-hybridized carbons (Fsp3) is 0.643. The molecule has 0 saturated heterocycles. The highest BCUT2D eigenvalue weighted by Crippen LogP contribution is 2.21. The van der Waals surface area contributed by atoms with Crippen LogP contribution in [0.2, 0.25) is 0 Å². The third kappa shape index (κ3) is 4.10. The molecule has 1 aromatic rings. The summed E-state index contributed by atoms with van der Waals surface area (Å²) in [4.78, 5) is 6.75. The second-order valence-electron chi connectivity index (χ2n) is 5.01. The van der Waals surface area contributed by atoms with Crippen molar-refractivity contribution in [3.63, 3.8) is 0 Å². The molecule has 3 unspecified atom stereocenters. The number of rotatable bonds is 6. The average molecular weight is 235 g/mol. The standard InChI is InChI=1S/C14H25N3/c1-5-11(2)10-17(4)14(12(3)15)13-8-6-7-9-16-13/h6-9,11-12,14H,5,10,15H2,1-4H3. The first-order valence-electron chi connectivity index (χ1n) is 6.43. The van der Waals surface area contributed by atoms with Gasteiger partial charge in [-0.25, -0.2) is 0 Å². The van der Waals surface area contributed by atoms with Crippen molar-refractivity contribution in [1.82, 2.24) is 9.88 Å². The Kier molecular flexibility index (Phi) is 5.59. The molecule has 0 spiro atoms. The van der Waals surface area contributed by atoms with E-state index in [4.69, 9.17) is 5.73 Å². The van der Waals surface area contributed by atoms with Crippen molar-refractivity contribution in [2.24, 2.45) is 11.7 Å². The van der Waals surface area contributed by atoms with Gasteiger partial charge in [0.05, 0.1) is 11.7 Å². The predicted molar refractivity (Wildman–Crippen MR) is 72.7 cm³/mol. The summed E-state index contributed by atoms with van der Waals surface area (Å²) in [6.45, 7) is 7.60. The molecule has 96 valence electrons. The summed E-state index contributed by atoms with van der Waals surface area (Å²) in [6, 6.07) is 6.30. The molecule has 0 saturated carbocycles. The number of aromatic nitrogens is 1. The number of pyridine rings is 1. The SMILES string of the molecule is CCC(C)CN(C)C(c1ccccn1)C(C)N. The average Bonchev–Trinajstić information content (AvgIpc) is 2.29. The Bertz CT molecular complexity index is 311. The second-order valence-corrected chi connectivity index (χ2v) is 5.01. The van der Waals surface area contributed by atoms with Crippen LogP contribution in [0.3, 0.4) is 0 Å². The summed E-state index contributed by atoms with van der Waals surface area (Å²) < 4.78 is 0. The third-order valence-corrected chi connectivity index (χ3v) is 3.26. The minimum Gasteiger partial charge on any atom is -0.326 e. The normalized spacial score (nSPS) is 16.8. The fourth-order valence-corrected chi connectivity index (χ4v) is 2.18. The molecule has 0 aliphatic carbocycles. The van der Waals surface area contributed by atoms with Crippen LogP contribution in [0.1, 0.15) is 38.9 Å². The van der Waals surface area contributed by atoms with Gasteiger partial charge < -0.3 is 5.73 Å². The van der Waals surface area contributed by atoms with Crippen LogP contribution in [0.4, 0.5) is 0 Å². The zero-order chi connectivity index (χ0) is 12.8. The van der Waals surface area contributed by atoms with Gasteiger partial charge in [0.15, 0.2) is 0 Å². The Labute approximate surface area is 105 Å². The van der Waals surface area contributed by atoms with Gasteiger partial charge in [0.2, 0.25) is 0 Å². The molecular formula is C14H25N3. The zero-order valence-electron chi connectivity index (χ0n) is 11.4. The third-order valence-electron chi connectivity index (χ3n) is 3.26. The Morgan fingerprint density at radius 3 is 2.53 bits per heavy atom. The fourth-order valence-electron chi connectivity index (χ4n) is 2.18. The van der Waals surface area contributed by atoms with Gasteiger partial charge in [-0.2, -0.15) is 0 Å². The molecule has 2 N–H and O–H groups in total. The van der Waals surface area contributed by atoms with Crippen molar-refractivity contribution in [2.75, 3.05) is 13.6 Å². The molecule has 0 aliphatic heterocycles. The summed E-state index contributed by atoms with van der Waals surface area (Å²) in [7, 11) is 2.13. The molecule has 1 heterocycles. The molecule has 0 amide bonds. The smallest absolute Gasteiger partial charge is 0.0668 e. The van der Waals surface area contributed by atoms with E-state index < -0.39 is 0 Å². The minimum absolute atomic E-state index is 0.0824. The summed E-state index contributed by atoms with van der Waals surface area (Å²) >= 11 is 0. The first kappa shape index (κ1) is 14.1. The van der Waals surface area contributed by atoms with Crippen LogP contribution in [-0.2, 0) is 0 Å². The van der Waals surface area contributed by atoms with Crippen molar-refractivity contribution in [1.29, 1.82) is 0 Å². The quantitative estimate of drug-likeness (QED) is 0.823. The van der Waals surface area contributed by atoms with Crippen molar-refractivity contribution in [2.45, 2.75) is 39.3 Å². The largest absolute Gasteiger partial charge is 0.326 e. The van der Waals surface area contributed by atoms with Gasteiger partial charge >= 0.3 is 0 Å². The first-order valence-corrected chi connectivity index (χ1v) is 6.43. The Morgan fingerprint density at radius 2 is 2.06 bits per heavy atom. The van der Waals surface area contributed by atoms with E-state index in [0.29, 0.717) is 5.92 Å². The van der Waals surface area contributed by atoms with Gasteiger partial charge in [0.25, 0.3) is 0 Å². The molecule has 3 nitrogen and oxygen atoms in total.